The summed E-state index contributed by atoms with van der Waals surface area (Å²) in [5.41, 5.74) is 2.13. The molecule has 1 fully saturated rings. The fourth-order valence-corrected chi connectivity index (χ4v) is 3.36. The summed E-state index contributed by atoms with van der Waals surface area (Å²) in [5.74, 6) is 0. The van der Waals surface area contributed by atoms with E-state index < -0.39 is 0 Å². The Morgan fingerprint density at radius 3 is 2.87 bits per heavy atom. The van der Waals surface area contributed by atoms with Gasteiger partial charge in [-0.25, -0.2) is 4.79 Å². The van der Waals surface area contributed by atoms with Crippen LogP contribution in [0.25, 0.3) is 0 Å². The number of amides is 2. The Balaban J connectivity index is 1.74. The highest BCUT2D eigenvalue weighted by atomic mass is 16.2. The number of nitrogens with zero attached hydrogens (tertiary/aromatic N) is 3. The van der Waals surface area contributed by atoms with E-state index in [4.69, 9.17) is 0 Å². The molecule has 130 valence electrons. The standard InChI is InChI=1S/C17H31N5O/c1-5-21-9-7-6-8-16(21)11-18-17(23)19-14(3)12-22-15(4)10-13(2)20-22/h10,14,16H,5-9,11-12H2,1-4H3,(H2,18,19,23). The number of nitrogens with one attached hydrogen (secondary N) is 2. The van der Waals surface area contributed by atoms with Gasteiger partial charge in [0.15, 0.2) is 0 Å². The molecular weight excluding hydrogens is 290 g/mol. The third kappa shape index (κ3) is 5.23. The first-order valence-electron chi connectivity index (χ1n) is 8.79. The monoisotopic (exact) mass is 321 g/mol. The predicted octanol–water partition coefficient (Wildman–Crippen LogP) is 2.06. The maximum atomic E-state index is 12.1. The minimum Gasteiger partial charge on any atom is -0.337 e. The minimum absolute atomic E-state index is 0.0432. The van der Waals surface area contributed by atoms with Gasteiger partial charge in [-0.3, -0.25) is 9.58 Å². The molecule has 1 aliphatic heterocycles. The van der Waals surface area contributed by atoms with Crippen LogP contribution < -0.4 is 10.6 Å². The van der Waals surface area contributed by atoms with E-state index in [1.807, 2.05) is 25.5 Å². The molecule has 1 aromatic heterocycles. The van der Waals surface area contributed by atoms with Gasteiger partial charge in [-0.05, 0) is 52.8 Å². The average molecular weight is 321 g/mol. The number of rotatable bonds is 6. The molecule has 6 nitrogen and oxygen atoms in total. The van der Waals surface area contributed by atoms with Gasteiger partial charge in [0.05, 0.1) is 12.2 Å². The highest BCUT2D eigenvalue weighted by molar-refractivity contribution is 5.74. The van der Waals surface area contributed by atoms with Crippen molar-refractivity contribution in [2.24, 2.45) is 0 Å². The maximum Gasteiger partial charge on any atom is 0.315 e. The van der Waals surface area contributed by atoms with Crippen molar-refractivity contribution in [2.45, 2.75) is 65.6 Å². The van der Waals surface area contributed by atoms with E-state index in [2.05, 4.69) is 33.6 Å². The number of likely N-dealkylation sites (tertiary alicyclic amines) is 1. The number of urea groups is 1. The smallest absolute Gasteiger partial charge is 0.315 e. The quantitative estimate of drug-likeness (QED) is 0.843. The topological polar surface area (TPSA) is 62.2 Å². The van der Waals surface area contributed by atoms with Gasteiger partial charge < -0.3 is 10.6 Å². The number of carbonyl (C=O) groups is 1. The number of carbonyl (C=O) groups excluding carboxylic acids is 1. The van der Waals surface area contributed by atoms with Crippen molar-refractivity contribution in [1.29, 1.82) is 0 Å². The van der Waals surface area contributed by atoms with E-state index in [0.29, 0.717) is 12.6 Å². The largest absolute Gasteiger partial charge is 0.337 e. The Bertz CT molecular complexity index is 513. The van der Waals surface area contributed by atoms with Crippen LogP contribution in [0.15, 0.2) is 6.07 Å². The van der Waals surface area contributed by atoms with E-state index in [1.165, 1.54) is 19.3 Å². The average Bonchev–Trinajstić information content (AvgIpc) is 2.82. The van der Waals surface area contributed by atoms with Crippen molar-refractivity contribution >= 4 is 6.03 Å². The van der Waals surface area contributed by atoms with E-state index >= 15 is 0 Å². The fraction of sp³-hybridized carbons (Fsp3) is 0.765. The van der Waals surface area contributed by atoms with Gasteiger partial charge in [0.1, 0.15) is 0 Å². The number of aryl methyl sites for hydroxylation is 2. The second kappa shape index (κ2) is 8.34. The Morgan fingerprint density at radius 1 is 1.43 bits per heavy atom. The molecule has 2 atom stereocenters. The molecule has 0 spiro atoms. The summed E-state index contributed by atoms with van der Waals surface area (Å²) in [7, 11) is 0. The molecular formula is C17H31N5O. The summed E-state index contributed by atoms with van der Waals surface area (Å²) >= 11 is 0. The fourth-order valence-electron chi connectivity index (χ4n) is 3.36. The zero-order chi connectivity index (χ0) is 16.8. The van der Waals surface area contributed by atoms with Crippen molar-refractivity contribution in [3.63, 3.8) is 0 Å². The Hall–Kier alpha value is -1.56. The summed E-state index contributed by atoms with van der Waals surface area (Å²) in [5, 5.41) is 10.5. The van der Waals surface area contributed by atoms with Crippen LogP contribution in [0.5, 0.6) is 0 Å². The number of hydrogen-bond acceptors (Lipinski definition) is 3. The van der Waals surface area contributed by atoms with Gasteiger partial charge in [-0.15, -0.1) is 0 Å². The maximum absolute atomic E-state index is 12.1. The van der Waals surface area contributed by atoms with Crippen molar-refractivity contribution < 1.29 is 4.79 Å². The van der Waals surface area contributed by atoms with Crippen LogP contribution in [-0.4, -0.2) is 52.4 Å². The normalized spacial score (nSPS) is 20.3. The van der Waals surface area contributed by atoms with Crippen LogP contribution in [0.2, 0.25) is 0 Å². The van der Waals surface area contributed by atoms with Crippen molar-refractivity contribution in [3.05, 3.63) is 17.5 Å². The van der Waals surface area contributed by atoms with Crippen LogP contribution in [0, 0.1) is 13.8 Å². The molecule has 0 bridgehead atoms. The van der Waals surface area contributed by atoms with Crippen LogP contribution in [0.3, 0.4) is 0 Å². The highest BCUT2D eigenvalue weighted by Crippen LogP contribution is 2.15. The third-order valence-corrected chi connectivity index (χ3v) is 4.58. The number of hydrogen-bond donors (Lipinski definition) is 2. The zero-order valence-electron chi connectivity index (χ0n) is 14.9. The second-order valence-corrected chi connectivity index (χ2v) is 6.64. The van der Waals surface area contributed by atoms with E-state index in [-0.39, 0.29) is 12.1 Å². The molecule has 1 saturated heterocycles. The molecule has 1 aromatic rings. The third-order valence-electron chi connectivity index (χ3n) is 4.58. The van der Waals surface area contributed by atoms with Gasteiger partial charge >= 0.3 is 6.03 Å². The summed E-state index contributed by atoms with van der Waals surface area (Å²) in [6.07, 6.45) is 3.71. The Morgan fingerprint density at radius 2 is 2.22 bits per heavy atom. The van der Waals surface area contributed by atoms with Crippen LogP contribution >= 0.6 is 0 Å². The van der Waals surface area contributed by atoms with Crippen molar-refractivity contribution in [1.82, 2.24) is 25.3 Å². The van der Waals surface area contributed by atoms with E-state index in [9.17, 15) is 4.79 Å². The summed E-state index contributed by atoms with van der Waals surface area (Å²) in [6.45, 7) is 11.8. The highest BCUT2D eigenvalue weighted by Gasteiger charge is 2.21. The summed E-state index contributed by atoms with van der Waals surface area (Å²) < 4.78 is 1.94. The first-order valence-corrected chi connectivity index (χ1v) is 8.79. The lowest BCUT2D eigenvalue weighted by atomic mass is 10.0. The molecule has 2 unspecified atom stereocenters. The molecule has 1 aliphatic rings. The number of likely N-dealkylation sites (N-methyl/N-ethyl adjacent to an activating group) is 1. The predicted molar refractivity (Wildman–Crippen MR) is 92.6 cm³/mol. The van der Waals surface area contributed by atoms with Crippen molar-refractivity contribution in [3.8, 4) is 0 Å². The van der Waals surface area contributed by atoms with Gasteiger partial charge in [0, 0.05) is 24.3 Å². The lowest BCUT2D eigenvalue weighted by molar-refractivity contribution is 0.153. The number of aromatic nitrogens is 2. The molecule has 6 heteroatoms. The molecule has 0 aliphatic carbocycles. The summed E-state index contributed by atoms with van der Waals surface area (Å²) in [4.78, 5) is 14.6. The van der Waals surface area contributed by atoms with E-state index in [1.54, 1.807) is 0 Å². The van der Waals surface area contributed by atoms with Crippen LogP contribution in [0.4, 0.5) is 4.79 Å². The molecule has 2 N–H and O–H groups in total. The Kier molecular flexibility index (Phi) is 6.45. The molecule has 23 heavy (non-hydrogen) atoms. The molecule has 2 amide bonds. The summed E-state index contributed by atoms with van der Waals surface area (Å²) in [6, 6.07) is 2.49. The van der Waals surface area contributed by atoms with Gasteiger partial charge in [-0.1, -0.05) is 13.3 Å². The van der Waals surface area contributed by atoms with Gasteiger partial charge in [-0.2, -0.15) is 5.10 Å². The van der Waals surface area contributed by atoms with Gasteiger partial charge in [0.25, 0.3) is 0 Å². The first-order chi connectivity index (χ1) is 11.0. The SMILES string of the molecule is CCN1CCCCC1CNC(=O)NC(C)Cn1nc(C)cc1C. The zero-order valence-corrected chi connectivity index (χ0v) is 14.9. The van der Waals surface area contributed by atoms with Crippen LogP contribution in [0.1, 0.15) is 44.5 Å². The minimum atomic E-state index is -0.0827. The van der Waals surface area contributed by atoms with E-state index in [0.717, 1.165) is 31.0 Å². The molecule has 2 heterocycles. The van der Waals surface area contributed by atoms with Crippen molar-refractivity contribution in [2.75, 3.05) is 19.6 Å². The first kappa shape index (κ1) is 17.8. The molecule has 2 rings (SSSR count). The molecule has 0 radical (unpaired) electrons. The Labute approximate surface area is 139 Å². The van der Waals surface area contributed by atoms with Crippen LogP contribution in [-0.2, 0) is 6.54 Å². The molecule has 0 saturated carbocycles. The second-order valence-electron chi connectivity index (χ2n) is 6.64. The number of piperidine rings is 1. The lowest BCUT2D eigenvalue weighted by Crippen LogP contribution is -2.50. The lowest BCUT2D eigenvalue weighted by Gasteiger charge is -2.35. The molecule has 0 aromatic carbocycles. The van der Waals surface area contributed by atoms with Gasteiger partial charge in [0.2, 0.25) is 0 Å².